The Morgan fingerprint density at radius 2 is 2.31 bits per heavy atom. The predicted octanol–water partition coefficient (Wildman–Crippen LogP) is 0.807. The van der Waals surface area contributed by atoms with Crippen LogP contribution in [0.3, 0.4) is 0 Å². The highest BCUT2D eigenvalue weighted by molar-refractivity contribution is 5.82. The number of nitrogens with one attached hydrogen (secondary N) is 2. The molecule has 1 fully saturated rings. The molecular weight excluding hydrogens is 334 g/mol. The molecule has 1 aliphatic rings. The lowest BCUT2D eigenvalue weighted by atomic mass is 10.2. The van der Waals surface area contributed by atoms with Crippen molar-refractivity contribution in [3.8, 4) is 11.4 Å². The molecule has 136 valence electrons. The molecule has 2 N–H and O–H groups in total. The zero-order valence-corrected chi connectivity index (χ0v) is 14.8. The molecule has 0 aliphatic carbocycles. The fourth-order valence-electron chi connectivity index (χ4n) is 3.22. The smallest absolute Gasteiger partial charge is 0.237 e. The Morgan fingerprint density at radius 3 is 3.12 bits per heavy atom. The van der Waals surface area contributed by atoms with Crippen molar-refractivity contribution in [3.05, 3.63) is 29.5 Å². The summed E-state index contributed by atoms with van der Waals surface area (Å²) in [5.41, 5.74) is 3.33. The molecular formula is C17H21N7O2. The fraction of sp³-hybridized carbons (Fsp3) is 0.471. The van der Waals surface area contributed by atoms with E-state index in [0.29, 0.717) is 30.3 Å². The topological polar surface area (TPSA) is 110 Å². The lowest BCUT2D eigenvalue weighted by Crippen LogP contribution is -2.41. The molecule has 1 aliphatic heterocycles. The van der Waals surface area contributed by atoms with E-state index in [1.807, 2.05) is 19.9 Å². The normalized spacial score (nSPS) is 17.1. The highest BCUT2D eigenvalue weighted by atomic mass is 16.5. The number of rotatable bonds is 5. The van der Waals surface area contributed by atoms with E-state index in [-0.39, 0.29) is 11.9 Å². The number of amides is 1. The van der Waals surface area contributed by atoms with Gasteiger partial charge in [0.05, 0.1) is 17.8 Å². The summed E-state index contributed by atoms with van der Waals surface area (Å²) in [4.78, 5) is 20.9. The van der Waals surface area contributed by atoms with E-state index in [0.717, 1.165) is 36.3 Å². The second-order valence-electron chi connectivity index (χ2n) is 6.53. The van der Waals surface area contributed by atoms with Crippen molar-refractivity contribution in [3.63, 3.8) is 0 Å². The monoisotopic (exact) mass is 355 g/mol. The first kappa shape index (κ1) is 16.6. The van der Waals surface area contributed by atoms with E-state index in [1.54, 1.807) is 10.7 Å². The van der Waals surface area contributed by atoms with Gasteiger partial charge in [0.15, 0.2) is 5.65 Å². The number of carbonyl (C=O) groups excluding carboxylic acids is 1. The van der Waals surface area contributed by atoms with Gasteiger partial charge in [-0.1, -0.05) is 5.16 Å². The quantitative estimate of drug-likeness (QED) is 0.697. The minimum Gasteiger partial charge on any atom is -0.354 e. The van der Waals surface area contributed by atoms with Crippen LogP contribution in [0, 0.1) is 13.8 Å². The lowest BCUT2D eigenvalue weighted by molar-refractivity contribution is -0.122. The molecule has 9 heteroatoms. The van der Waals surface area contributed by atoms with Crippen LogP contribution in [0.25, 0.3) is 17.0 Å². The molecule has 9 nitrogen and oxygen atoms in total. The molecule has 3 aromatic heterocycles. The Labute approximate surface area is 150 Å². The van der Waals surface area contributed by atoms with Crippen molar-refractivity contribution in [1.29, 1.82) is 0 Å². The molecule has 0 bridgehead atoms. The second kappa shape index (κ2) is 6.83. The number of fused-ring (bicyclic) bond motifs is 1. The Hall–Kier alpha value is -2.81. The predicted molar refractivity (Wildman–Crippen MR) is 93.5 cm³/mol. The standard InChI is InChI=1S/C17H21N7O2/c1-10-8-11(2)24-16(21-10)12(9-20-24)15-22-14(26-23-15)5-7-19-17(25)13-4-3-6-18-13/h8-9,13,18H,3-7H2,1-2H3,(H,19,25). The molecule has 4 heterocycles. The van der Waals surface area contributed by atoms with E-state index < -0.39 is 0 Å². The average Bonchev–Trinajstić information content (AvgIpc) is 3.34. The number of aromatic nitrogens is 5. The summed E-state index contributed by atoms with van der Waals surface area (Å²) in [5, 5.41) is 14.5. The van der Waals surface area contributed by atoms with Gasteiger partial charge in [-0.3, -0.25) is 4.79 Å². The fourth-order valence-corrected chi connectivity index (χ4v) is 3.22. The third-order valence-electron chi connectivity index (χ3n) is 4.50. The van der Waals surface area contributed by atoms with Gasteiger partial charge in [-0.15, -0.1) is 0 Å². The van der Waals surface area contributed by atoms with Crippen LogP contribution in [0.4, 0.5) is 0 Å². The van der Waals surface area contributed by atoms with Gasteiger partial charge in [0.25, 0.3) is 0 Å². The number of nitrogens with zero attached hydrogens (tertiary/aromatic N) is 5. The van der Waals surface area contributed by atoms with Gasteiger partial charge in [0, 0.05) is 24.4 Å². The third-order valence-corrected chi connectivity index (χ3v) is 4.50. The Kier molecular flexibility index (Phi) is 4.37. The summed E-state index contributed by atoms with van der Waals surface area (Å²) < 4.78 is 7.07. The van der Waals surface area contributed by atoms with Gasteiger partial charge in [0.1, 0.15) is 0 Å². The maximum absolute atomic E-state index is 12.0. The van der Waals surface area contributed by atoms with Crippen molar-refractivity contribution >= 4 is 11.6 Å². The number of hydrogen-bond acceptors (Lipinski definition) is 7. The van der Waals surface area contributed by atoms with Crippen LogP contribution in [-0.4, -0.2) is 49.8 Å². The van der Waals surface area contributed by atoms with Gasteiger partial charge in [-0.25, -0.2) is 9.50 Å². The molecule has 1 atom stereocenters. The molecule has 0 aromatic carbocycles. The molecule has 1 unspecified atom stereocenters. The molecule has 1 saturated heterocycles. The first-order valence-electron chi connectivity index (χ1n) is 8.78. The zero-order valence-electron chi connectivity index (χ0n) is 14.8. The largest absolute Gasteiger partial charge is 0.354 e. The molecule has 0 saturated carbocycles. The van der Waals surface area contributed by atoms with Gasteiger partial charge < -0.3 is 15.2 Å². The Morgan fingerprint density at radius 1 is 1.42 bits per heavy atom. The summed E-state index contributed by atoms with van der Waals surface area (Å²) in [7, 11) is 0. The lowest BCUT2D eigenvalue weighted by Gasteiger charge is -2.09. The summed E-state index contributed by atoms with van der Waals surface area (Å²) >= 11 is 0. The van der Waals surface area contributed by atoms with Crippen molar-refractivity contribution in [2.75, 3.05) is 13.1 Å². The number of aryl methyl sites for hydroxylation is 2. The van der Waals surface area contributed by atoms with Crippen molar-refractivity contribution in [2.45, 2.75) is 39.2 Å². The number of carbonyl (C=O) groups is 1. The van der Waals surface area contributed by atoms with E-state index in [9.17, 15) is 4.79 Å². The highest BCUT2D eigenvalue weighted by Gasteiger charge is 2.21. The van der Waals surface area contributed by atoms with E-state index in [4.69, 9.17) is 4.52 Å². The van der Waals surface area contributed by atoms with Crippen molar-refractivity contribution in [1.82, 2.24) is 35.4 Å². The van der Waals surface area contributed by atoms with Crippen molar-refractivity contribution < 1.29 is 9.32 Å². The van der Waals surface area contributed by atoms with Crippen LogP contribution in [0.2, 0.25) is 0 Å². The number of hydrogen-bond donors (Lipinski definition) is 2. The van der Waals surface area contributed by atoms with Crippen molar-refractivity contribution in [2.24, 2.45) is 0 Å². The molecule has 1 amide bonds. The molecule has 0 spiro atoms. The third kappa shape index (κ3) is 3.17. The zero-order chi connectivity index (χ0) is 18.1. The molecule has 3 aromatic rings. The Balaban J connectivity index is 1.44. The van der Waals surface area contributed by atoms with Gasteiger partial charge >= 0.3 is 0 Å². The minimum atomic E-state index is -0.0791. The van der Waals surface area contributed by atoms with Gasteiger partial charge in [0.2, 0.25) is 17.6 Å². The molecule has 0 radical (unpaired) electrons. The summed E-state index contributed by atoms with van der Waals surface area (Å²) in [6, 6.07) is 1.89. The summed E-state index contributed by atoms with van der Waals surface area (Å²) in [5.74, 6) is 0.958. The van der Waals surface area contributed by atoms with Crippen LogP contribution in [-0.2, 0) is 11.2 Å². The van der Waals surface area contributed by atoms with Crippen LogP contribution in [0.15, 0.2) is 16.8 Å². The van der Waals surface area contributed by atoms with Crippen LogP contribution in [0.5, 0.6) is 0 Å². The van der Waals surface area contributed by atoms with Crippen LogP contribution >= 0.6 is 0 Å². The summed E-state index contributed by atoms with van der Waals surface area (Å²) in [6.45, 7) is 5.27. The first-order chi connectivity index (χ1) is 12.6. The van der Waals surface area contributed by atoms with Gasteiger partial charge in [-0.05, 0) is 39.3 Å². The van der Waals surface area contributed by atoms with Gasteiger partial charge in [-0.2, -0.15) is 10.1 Å². The van der Waals surface area contributed by atoms with Crippen LogP contribution in [0.1, 0.15) is 30.1 Å². The average molecular weight is 355 g/mol. The van der Waals surface area contributed by atoms with E-state index in [1.165, 1.54) is 0 Å². The molecule has 4 rings (SSSR count). The molecule has 26 heavy (non-hydrogen) atoms. The maximum Gasteiger partial charge on any atom is 0.237 e. The SMILES string of the molecule is Cc1cc(C)n2ncc(-c3noc(CCNC(=O)C4CCCN4)n3)c2n1. The minimum absolute atomic E-state index is 0.0278. The highest BCUT2D eigenvalue weighted by Crippen LogP contribution is 2.21. The first-order valence-corrected chi connectivity index (χ1v) is 8.78. The maximum atomic E-state index is 12.0. The Bertz CT molecular complexity index is 940. The summed E-state index contributed by atoms with van der Waals surface area (Å²) in [6.07, 6.45) is 4.10. The van der Waals surface area contributed by atoms with E-state index >= 15 is 0 Å². The second-order valence-corrected chi connectivity index (χ2v) is 6.53. The van der Waals surface area contributed by atoms with Crippen LogP contribution < -0.4 is 10.6 Å². The van der Waals surface area contributed by atoms with E-state index in [2.05, 4.69) is 30.9 Å².